The first-order valence-electron chi connectivity index (χ1n) is 6.18. The van der Waals surface area contributed by atoms with E-state index in [0.29, 0.717) is 16.1 Å². The SMILES string of the molecule is Cc1ccc(N)cc1S(=O)Cc1cccc(C(F)(F)F)c1. The number of nitrogens with two attached hydrogens (primary N) is 1. The van der Waals surface area contributed by atoms with Crippen molar-refractivity contribution in [3.05, 3.63) is 59.2 Å². The molecule has 0 saturated carbocycles. The lowest BCUT2D eigenvalue weighted by Crippen LogP contribution is -2.06. The van der Waals surface area contributed by atoms with E-state index in [2.05, 4.69) is 0 Å². The van der Waals surface area contributed by atoms with Crippen LogP contribution in [0.5, 0.6) is 0 Å². The molecule has 112 valence electrons. The second-order valence-electron chi connectivity index (χ2n) is 4.71. The van der Waals surface area contributed by atoms with Gasteiger partial charge >= 0.3 is 6.18 Å². The molecule has 0 spiro atoms. The van der Waals surface area contributed by atoms with Gasteiger partial charge in [-0.3, -0.25) is 4.21 Å². The van der Waals surface area contributed by atoms with Crippen LogP contribution in [0.1, 0.15) is 16.7 Å². The van der Waals surface area contributed by atoms with Crippen LogP contribution in [0.3, 0.4) is 0 Å². The topological polar surface area (TPSA) is 43.1 Å². The first kappa shape index (κ1) is 15.6. The standard InChI is InChI=1S/C15H14F3NOS/c1-10-5-6-13(19)8-14(10)21(20)9-11-3-2-4-12(7-11)15(16,17)18/h2-8H,9,19H2,1H3. The summed E-state index contributed by atoms with van der Waals surface area (Å²) < 4.78 is 50.3. The van der Waals surface area contributed by atoms with Crippen LogP contribution in [0.4, 0.5) is 18.9 Å². The normalized spacial score (nSPS) is 13.1. The molecule has 2 N–H and O–H groups in total. The Kier molecular flexibility index (Phi) is 4.37. The van der Waals surface area contributed by atoms with Crippen molar-refractivity contribution >= 4 is 16.5 Å². The summed E-state index contributed by atoms with van der Waals surface area (Å²) in [6, 6.07) is 9.92. The number of benzene rings is 2. The highest BCUT2D eigenvalue weighted by molar-refractivity contribution is 7.84. The Morgan fingerprint density at radius 3 is 2.52 bits per heavy atom. The van der Waals surface area contributed by atoms with Crippen LogP contribution < -0.4 is 5.73 Å². The number of nitrogen functional groups attached to an aromatic ring is 1. The Morgan fingerprint density at radius 2 is 1.86 bits per heavy atom. The summed E-state index contributed by atoms with van der Waals surface area (Å²) in [6.07, 6.45) is -4.40. The van der Waals surface area contributed by atoms with Crippen LogP contribution in [0.2, 0.25) is 0 Å². The van der Waals surface area contributed by atoms with Gasteiger partial charge in [0.05, 0.1) is 22.1 Å². The first-order chi connectivity index (χ1) is 9.77. The summed E-state index contributed by atoms with van der Waals surface area (Å²) >= 11 is 0. The summed E-state index contributed by atoms with van der Waals surface area (Å²) in [5, 5.41) is 0. The van der Waals surface area contributed by atoms with Crippen LogP contribution in [0.15, 0.2) is 47.4 Å². The van der Waals surface area contributed by atoms with Crippen molar-refractivity contribution in [1.29, 1.82) is 0 Å². The molecule has 2 aromatic carbocycles. The molecule has 0 amide bonds. The van der Waals surface area contributed by atoms with Gasteiger partial charge in [-0.05, 0) is 36.2 Å². The molecular weight excluding hydrogens is 299 g/mol. The zero-order chi connectivity index (χ0) is 15.6. The monoisotopic (exact) mass is 313 g/mol. The number of hydrogen-bond donors (Lipinski definition) is 1. The van der Waals surface area contributed by atoms with E-state index in [9.17, 15) is 17.4 Å². The maximum Gasteiger partial charge on any atom is 0.416 e. The van der Waals surface area contributed by atoms with Crippen LogP contribution in [0, 0.1) is 6.92 Å². The van der Waals surface area contributed by atoms with E-state index in [0.717, 1.165) is 17.7 Å². The van der Waals surface area contributed by atoms with Crippen molar-refractivity contribution in [2.45, 2.75) is 23.7 Å². The quantitative estimate of drug-likeness (QED) is 0.873. The Bertz CT molecular complexity index is 683. The van der Waals surface area contributed by atoms with Gasteiger partial charge in [0, 0.05) is 10.6 Å². The van der Waals surface area contributed by atoms with E-state index in [1.54, 1.807) is 25.1 Å². The smallest absolute Gasteiger partial charge is 0.399 e. The van der Waals surface area contributed by atoms with Crippen LogP contribution in [-0.2, 0) is 22.7 Å². The molecule has 21 heavy (non-hydrogen) atoms. The van der Waals surface area contributed by atoms with Crippen LogP contribution in [0.25, 0.3) is 0 Å². The lowest BCUT2D eigenvalue weighted by atomic mass is 10.1. The minimum absolute atomic E-state index is 0.0220. The molecule has 0 aliphatic rings. The molecule has 0 bridgehead atoms. The van der Waals surface area contributed by atoms with Crippen molar-refractivity contribution in [3.8, 4) is 0 Å². The van der Waals surface area contributed by atoms with Crippen molar-refractivity contribution in [2.75, 3.05) is 5.73 Å². The Labute approximate surface area is 123 Å². The van der Waals surface area contributed by atoms with Gasteiger partial charge in [-0.1, -0.05) is 24.3 Å². The maximum atomic E-state index is 12.7. The third kappa shape index (κ3) is 3.85. The molecule has 1 atom stereocenters. The minimum atomic E-state index is -4.40. The molecular formula is C15H14F3NOS. The highest BCUT2D eigenvalue weighted by Gasteiger charge is 2.30. The van der Waals surface area contributed by atoms with E-state index in [1.165, 1.54) is 12.1 Å². The van der Waals surface area contributed by atoms with Crippen molar-refractivity contribution in [2.24, 2.45) is 0 Å². The fourth-order valence-corrected chi connectivity index (χ4v) is 3.26. The molecule has 0 aromatic heterocycles. The van der Waals surface area contributed by atoms with Crippen LogP contribution >= 0.6 is 0 Å². The summed E-state index contributed by atoms with van der Waals surface area (Å²) in [4.78, 5) is 0.549. The summed E-state index contributed by atoms with van der Waals surface area (Å²) in [5.74, 6) is 0.0220. The molecule has 2 aromatic rings. The summed E-state index contributed by atoms with van der Waals surface area (Å²) in [5.41, 5.74) is 6.58. The maximum absolute atomic E-state index is 12.7. The molecule has 1 unspecified atom stereocenters. The molecule has 2 rings (SSSR count). The lowest BCUT2D eigenvalue weighted by molar-refractivity contribution is -0.137. The Balaban J connectivity index is 2.26. The molecule has 0 aliphatic carbocycles. The van der Waals surface area contributed by atoms with Gasteiger partial charge in [0.2, 0.25) is 0 Å². The van der Waals surface area contributed by atoms with Gasteiger partial charge in [0.15, 0.2) is 0 Å². The van der Waals surface area contributed by atoms with Crippen LogP contribution in [-0.4, -0.2) is 4.21 Å². The zero-order valence-corrected chi connectivity index (χ0v) is 12.1. The van der Waals surface area contributed by atoms with Gasteiger partial charge in [0.25, 0.3) is 0 Å². The van der Waals surface area contributed by atoms with Gasteiger partial charge in [0.1, 0.15) is 0 Å². The summed E-state index contributed by atoms with van der Waals surface area (Å²) in [6.45, 7) is 1.79. The Morgan fingerprint density at radius 1 is 1.14 bits per heavy atom. The number of alkyl halides is 3. The third-order valence-electron chi connectivity index (χ3n) is 3.01. The molecule has 2 nitrogen and oxygen atoms in total. The minimum Gasteiger partial charge on any atom is -0.399 e. The van der Waals surface area contributed by atoms with E-state index in [-0.39, 0.29) is 5.75 Å². The average Bonchev–Trinajstić information content (AvgIpc) is 2.41. The van der Waals surface area contributed by atoms with E-state index in [4.69, 9.17) is 5.73 Å². The van der Waals surface area contributed by atoms with Crippen molar-refractivity contribution < 1.29 is 17.4 Å². The number of anilines is 1. The number of hydrogen-bond acceptors (Lipinski definition) is 2. The predicted octanol–water partition coefficient (Wildman–Crippen LogP) is 3.90. The number of rotatable bonds is 3. The molecule has 0 heterocycles. The second kappa shape index (κ2) is 5.89. The number of aryl methyl sites for hydroxylation is 1. The highest BCUT2D eigenvalue weighted by Crippen LogP contribution is 2.30. The molecule has 0 aliphatic heterocycles. The lowest BCUT2D eigenvalue weighted by Gasteiger charge is -2.10. The molecule has 0 radical (unpaired) electrons. The van der Waals surface area contributed by atoms with Crippen molar-refractivity contribution in [3.63, 3.8) is 0 Å². The highest BCUT2D eigenvalue weighted by atomic mass is 32.2. The Hall–Kier alpha value is -1.82. The fraction of sp³-hybridized carbons (Fsp3) is 0.200. The molecule has 0 fully saturated rings. The van der Waals surface area contributed by atoms with Gasteiger partial charge in [-0.25, -0.2) is 0 Å². The van der Waals surface area contributed by atoms with Crippen molar-refractivity contribution in [1.82, 2.24) is 0 Å². The largest absolute Gasteiger partial charge is 0.416 e. The fourth-order valence-electron chi connectivity index (χ4n) is 1.93. The first-order valence-corrected chi connectivity index (χ1v) is 7.50. The second-order valence-corrected chi connectivity index (χ2v) is 6.13. The van der Waals surface area contributed by atoms with E-state index in [1.807, 2.05) is 0 Å². The average molecular weight is 313 g/mol. The third-order valence-corrected chi connectivity index (χ3v) is 4.54. The van der Waals surface area contributed by atoms with E-state index < -0.39 is 22.5 Å². The zero-order valence-electron chi connectivity index (χ0n) is 11.3. The predicted molar refractivity (Wildman–Crippen MR) is 77.1 cm³/mol. The molecule has 0 saturated heterocycles. The van der Waals surface area contributed by atoms with Gasteiger partial charge < -0.3 is 5.73 Å². The number of halogens is 3. The van der Waals surface area contributed by atoms with Gasteiger partial charge in [-0.15, -0.1) is 0 Å². The summed E-state index contributed by atoms with van der Waals surface area (Å²) in [7, 11) is -1.44. The molecule has 6 heteroatoms. The van der Waals surface area contributed by atoms with Gasteiger partial charge in [-0.2, -0.15) is 13.2 Å². The van der Waals surface area contributed by atoms with E-state index >= 15 is 0 Å².